The van der Waals surface area contributed by atoms with E-state index in [0.29, 0.717) is 0 Å². The second-order valence-electron chi connectivity index (χ2n) is 2.22. The monoisotopic (exact) mass is 216 g/mol. The molecule has 3 N–H and O–H groups in total. The largest absolute Gasteiger partial charge is 0.393 e. The molecule has 0 bridgehead atoms. The standard InChI is InChI=1S/C6H10Cl2O4/c7-1-3(10)5(8)6(12)4(11)2-9/h3-5,9-11H,1-2H2/t3-,4+,5+/m1/s1. The van der Waals surface area contributed by atoms with E-state index in [4.69, 9.17) is 38.5 Å². The number of halogens is 2. The number of carbonyl (C=O) groups is 1. The quantitative estimate of drug-likeness (QED) is 0.522. The van der Waals surface area contributed by atoms with Crippen molar-refractivity contribution in [2.45, 2.75) is 17.6 Å². The Morgan fingerprint density at radius 1 is 1.42 bits per heavy atom. The van der Waals surface area contributed by atoms with Gasteiger partial charge in [-0.2, -0.15) is 0 Å². The van der Waals surface area contributed by atoms with Gasteiger partial charge in [-0.25, -0.2) is 0 Å². The summed E-state index contributed by atoms with van der Waals surface area (Å²) >= 11 is 10.6. The summed E-state index contributed by atoms with van der Waals surface area (Å²) in [5, 5.41) is 24.9. The molecule has 3 atom stereocenters. The van der Waals surface area contributed by atoms with Crippen LogP contribution >= 0.6 is 23.2 Å². The van der Waals surface area contributed by atoms with Crippen LogP contribution in [0.4, 0.5) is 0 Å². The molecular weight excluding hydrogens is 207 g/mol. The molecule has 0 saturated carbocycles. The Balaban J connectivity index is 4.09. The average molecular weight is 217 g/mol. The van der Waals surface area contributed by atoms with Gasteiger partial charge >= 0.3 is 0 Å². The van der Waals surface area contributed by atoms with Crippen molar-refractivity contribution in [3.05, 3.63) is 0 Å². The maximum Gasteiger partial charge on any atom is 0.184 e. The van der Waals surface area contributed by atoms with Crippen molar-refractivity contribution in [3.63, 3.8) is 0 Å². The molecule has 0 aliphatic carbocycles. The first-order valence-corrected chi connectivity index (χ1v) is 4.22. The predicted octanol–water partition coefficient (Wildman–Crippen LogP) is -0.884. The number of aliphatic hydroxyl groups excluding tert-OH is 3. The van der Waals surface area contributed by atoms with E-state index in [0.717, 1.165) is 0 Å². The highest BCUT2D eigenvalue weighted by Crippen LogP contribution is 2.08. The van der Waals surface area contributed by atoms with Crippen LogP contribution in [0, 0.1) is 0 Å². The van der Waals surface area contributed by atoms with Gasteiger partial charge in [0.2, 0.25) is 0 Å². The second kappa shape index (κ2) is 5.72. The minimum atomic E-state index is -1.55. The van der Waals surface area contributed by atoms with Crippen LogP contribution in [-0.4, -0.2) is 51.2 Å². The molecule has 0 rings (SSSR count). The van der Waals surface area contributed by atoms with Gasteiger partial charge in [0.15, 0.2) is 5.78 Å². The lowest BCUT2D eigenvalue weighted by Crippen LogP contribution is -2.39. The Kier molecular flexibility index (Phi) is 5.78. The maximum absolute atomic E-state index is 10.9. The molecule has 0 aromatic carbocycles. The third kappa shape index (κ3) is 3.25. The van der Waals surface area contributed by atoms with Crippen molar-refractivity contribution in [3.8, 4) is 0 Å². The summed E-state index contributed by atoms with van der Waals surface area (Å²) in [6.07, 6.45) is -2.76. The fourth-order valence-corrected chi connectivity index (χ4v) is 1.05. The summed E-state index contributed by atoms with van der Waals surface area (Å²) < 4.78 is 0. The van der Waals surface area contributed by atoms with Crippen LogP contribution in [0.5, 0.6) is 0 Å². The molecule has 0 aromatic rings. The molecule has 0 fully saturated rings. The molecule has 6 heteroatoms. The number of hydrogen-bond acceptors (Lipinski definition) is 4. The highest BCUT2D eigenvalue weighted by molar-refractivity contribution is 6.33. The zero-order chi connectivity index (χ0) is 9.72. The molecule has 0 aliphatic rings. The third-order valence-corrected chi connectivity index (χ3v) is 2.09. The SMILES string of the molecule is O=C([C@@H](Cl)[C@H](O)CCl)[C@@H](O)CO. The van der Waals surface area contributed by atoms with Crippen LogP contribution < -0.4 is 0 Å². The molecule has 72 valence electrons. The number of Topliss-reactive ketones (excluding diaryl/α,β-unsaturated/α-hetero) is 1. The van der Waals surface area contributed by atoms with Crippen molar-refractivity contribution in [2.75, 3.05) is 12.5 Å². The van der Waals surface area contributed by atoms with Crippen molar-refractivity contribution < 1.29 is 20.1 Å². The molecular formula is C6H10Cl2O4. The normalized spacial score (nSPS) is 18.4. The molecule has 0 unspecified atom stereocenters. The highest BCUT2D eigenvalue weighted by Gasteiger charge is 2.28. The van der Waals surface area contributed by atoms with Gasteiger partial charge < -0.3 is 15.3 Å². The molecule has 0 aromatic heterocycles. The summed E-state index contributed by atoms with van der Waals surface area (Å²) in [7, 11) is 0. The van der Waals surface area contributed by atoms with Gasteiger partial charge in [0.25, 0.3) is 0 Å². The fourth-order valence-electron chi connectivity index (χ4n) is 0.542. The smallest absolute Gasteiger partial charge is 0.184 e. The van der Waals surface area contributed by atoms with Crippen molar-refractivity contribution in [2.24, 2.45) is 0 Å². The van der Waals surface area contributed by atoms with E-state index in [9.17, 15) is 4.79 Å². The van der Waals surface area contributed by atoms with Crippen molar-refractivity contribution >= 4 is 29.0 Å². The van der Waals surface area contributed by atoms with E-state index in [-0.39, 0.29) is 5.88 Å². The van der Waals surface area contributed by atoms with Crippen LogP contribution in [0.2, 0.25) is 0 Å². The summed E-state index contributed by atoms with van der Waals surface area (Å²) in [5.74, 6) is -1.02. The number of hydrogen-bond donors (Lipinski definition) is 3. The summed E-state index contributed by atoms with van der Waals surface area (Å²) in [4.78, 5) is 10.9. The van der Waals surface area contributed by atoms with E-state index < -0.39 is 30.0 Å². The summed E-state index contributed by atoms with van der Waals surface area (Å²) in [6, 6.07) is 0. The van der Waals surface area contributed by atoms with Crippen LogP contribution in [-0.2, 0) is 4.79 Å². The Hall–Kier alpha value is 0.130. The van der Waals surface area contributed by atoms with Crippen molar-refractivity contribution in [1.29, 1.82) is 0 Å². The first kappa shape index (κ1) is 12.1. The molecule has 4 nitrogen and oxygen atoms in total. The van der Waals surface area contributed by atoms with Crippen LogP contribution in [0.15, 0.2) is 0 Å². The minimum Gasteiger partial charge on any atom is -0.393 e. The van der Waals surface area contributed by atoms with Gasteiger partial charge in [0.05, 0.1) is 18.6 Å². The van der Waals surface area contributed by atoms with Gasteiger partial charge in [-0.1, -0.05) is 0 Å². The van der Waals surface area contributed by atoms with E-state index in [1.807, 2.05) is 0 Å². The second-order valence-corrected chi connectivity index (χ2v) is 3.00. The molecule has 0 saturated heterocycles. The molecule has 12 heavy (non-hydrogen) atoms. The minimum absolute atomic E-state index is 0.196. The van der Waals surface area contributed by atoms with E-state index in [2.05, 4.69) is 0 Å². The summed E-state index contributed by atoms with van der Waals surface area (Å²) in [6.45, 7) is -0.711. The third-order valence-electron chi connectivity index (χ3n) is 1.27. The first-order valence-electron chi connectivity index (χ1n) is 3.25. The first-order chi connectivity index (χ1) is 5.54. The molecule has 0 aliphatic heterocycles. The fraction of sp³-hybridized carbons (Fsp3) is 0.833. The lowest BCUT2D eigenvalue weighted by molar-refractivity contribution is -0.130. The average Bonchev–Trinajstić information content (AvgIpc) is 2.12. The lowest BCUT2D eigenvalue weighted by atomic mass is 10.1. The number of rotatable bonds is 5. The maximum atomic E-state index is 10.9. The Bertz CT molecular complexity index is 152. The Labute approximate surface area is 79.7 Å². The van der Waals surface area contributed by atoms with Gasteiger partial charge in [0, 0.05) is 0 Å². The highest BCUT2D eigenvalue weighted by atomic mass is 35.5. The van der Waals surface area contributed by atoms with E-state index in [1.165, 1.54) is 0 Å². The zero-order valence-corrected chi connectivity index (χ0v) is 7.66. The van der Waals surface area contributed by atoms with Gasteiger partial charge in [-0.15, -0.1) is 23.2 Å². The van der Waals surface area contributed by atoms with Gasteiger partial charge in [0.1, 0.15) is 11.5 Å². The molecule has 0 radical (unpaired) electrons. The summed E-state index contributed by atoms with van der Waals surface area (Å²) in [5.41, 5.74) is 0. The predicted molar refractivity (Wildman–Crippen MR) is 44.5 cm³/mol. The molecule has 0 amide bonds. The lowest BCUT2D eigenvalue weighted by Gasteiger charge is -2.15. The van der Waals surface area contributed by atoms with E-state index in [1.54, 1.807) is 0 Å². The number of alkyl halides is 2. The Morgan fingerprint density at radius 2 is 1.92 bits per heavy atom. The molecule has 0 spiro atoms. The number of ketones is 1. The topological polar surface area (TPSA) is 77.8 Å². The number of carbonyl (C=O) groups excluding carboxylic acids is 1. The van der Waals surface area contributed by atoms with Crippen LogP contribution in [0.25, 0.3) is 0 Å². The molecule has 0 heterocycles. The van der Waals surface area contributed by atoms with Crippen LogP contribution in [0.3, 0.4) is 0 Å². The van der Waals surface area contributed by atoms with Crippen molar-refractivity contribution in [1.82, 2.24) is 0 Å². The number of aliphatic hydroxyl groups is 3. The van der Waals surface area contributed by atoms with E-state index >= 15 is 0 Å². The van der Waals surface area contributed by atoms with Crippen LogP contribution in [0.1, 0.15) is 0 Å². The Morgan fingerprint density at radius 3 is 2.25 bits per heavy atom. The van der Waals surface area contributed by atoms with Gasteiger partial charge in [-0.3, -0.25) is 4.79 Å². The van der Waals surface area contributed by atoms with Gasteiger partial charge in [-0.05, 0) is 0 Å². The zero-order valence-electron chi connectivity index (χ0n) is 6.15.